The molecule has 128 valence electrons. The van der Waals surface area contributed by atoms with Gasteiger partial charge in [-0.2, -0.15) is 0 Å². The Hall–Kier alpha value is -2.66. The van der Waals surface area contributed by atoms with Gasteiger partial charge in [0, 0.05) is 50.7 Å². The van der Waals surface area contributed by atoms with Crippen LogP contribution in [0.5, 0.6) is 5.75 Å². The lowest BCUT2D eigenvalue weighted by molar-refractivity contribution is 0.246. The molecule has 1 saturated heterocycles. The molecule has 1 fully saturated rings. The smallest absolute Gasteiger partial charge is 0.225 e. The third kappa shape index (κ3) is 3.28. The second kappa shape index (κ2) is 7.07. The Kier molecular flexibility index (Phi) is 4.48. The van der Waals surface area contributed by atoms with Gasteiger partial charge in [0.15, 0.2) is 0 Å². The monoisotopic (exact) mass is 334 g/mol. The first-order valence-electron chi connectivity index (χ1n) is 8.64. The second-order valence-corrected chi connectivity index (χ2v) is 6.28. The molecule has 5 heteroatoms. The summed E-state index contributed by atoms with van der Waals surface area (Å²) in [7, 11) is 1.75. The first-order chi connectivity index (χ1) is 12.3. The van der Waals surface area contributed by atoms with Gasteiger partial charge in [0.1, 0.15) is 5.75 Å². The zero-order valence-electron chi connectivity index (χ0n) is 14.4. The molecule has 0 radical (unpaired) electrons. The van der Waals surface area contributed by atoms with E-state index in [0.29, 0.717) is 0 Å². The minimum absolute atomic E-state index is 0.824. The van der Waals surface area contributed by atoms with Crippen molar-refractivity contribution in [3.63, 3.8) is 0 Å². The van der Waals surface area contributed by atoms with Crippen LogP contribution < -0.4 is 9.64 Å². The summed E-state index contributed by atoms with van der Waals surface area (Å²) in [5.74, 6) is 1.79. The Morgan fingerprint density at radius 2 is 1.68 bits per heavy atom. The van der Waals surface area contributed by atoms with E-state index in [0.717, 1.165) is 44.4 Å². The number of nitrogens with zero attached hydrogens (tertiary/aromatic N) is 4. The molecule has 0 N–H and O–H groups in total. The molecule has 0 saturated carbocycles. The molecule has 3 aromatic rings. The largest absolute Gasteiger partial charge is 0.496 e. The normalized spacial score (nSPS) is 15.5. The maximum Gasteiger partial charge on any atom is 0.225 e. The first-order valence-corrected chi connectivity index (χ1v) is 8.64. The molecular formula is C20H22N4O. The average molecular weight is 334 g/mol. The lowest BCUT2D eigenvalue weighted by atomic mass is 10.0. The number of methoxy groups -OCH3 is 1. The highest BCUT2D eigenvalue weighted by molar-refractivity contribution is 5.87. The summed E-state index contributed by atoms with van der Waals surface area (Å²) in [6.07, 6.45) is 3.60. The SMILES string of the molecule is COc1ccc2ccccc2c1CN1CCN(c2ncccn2)CC1. The summed E-state index contributed by atoms with van der Waals surface area (Å²) in [5, 5.41) is 2.53. The van der Waals surface area contributed by atoms with E-state index in [1.807, 2.05) is 6.07 Å². The highest BCUT2D eigenvalue weighted by atomic mass is 16.5. The Morgan fingerprint density at radius 1 is 0.920 bits per heavy atom. The van der Waals surface area contributed by atoms with Crippen molar-refractivity contribution in [1.29, 1.82) is 0 Å². The van der Waals surface area contributed by atoms with Crippen LogP contribution in [0.3, 0.4) is 0 Å². The lowest BCUT2D eigenvalue weighted by Gasteiger charge is -2.35. The highest BCUT2D eigenvalue weighted by Gasteiger charge is 2.20. The number of piperazine rings is 1. The Labute approximate surface area is 147 Å². The molecule has 0 atom stereocenters. The third-order valence-corrected chi connectivity index (χ3v) is 4.81. The molecule has 0 bridgehead atoms. The summed E-state index contributed by atoms with van der Waals surface area (Å²) in [6.45, 7) is 4.76. The van der Waals surface area contributed by atoms with Crippen LogP contribution in [0.4, 0.5) is 5.95 Å². The number of hydrogen-bond donors (Lipinski definition) is 0. The van der Waals surface area contributed by atoms with Crippen LogP contribution in [0.25, 0.3) is 10.8 Å². The van der Waals surface area contributed by atoms with Crippen molar-refractivity contribution in [2.45, 2.75) is 6.54 Å². The molecule has 1 aliphatic heterocycles. The van der Waals surface area contributed by atoms with E-state index < -0.39 is 0 Å². The molecule has 0 amide bonds. The number of rotatable bonds is 4. The topological polar surface area (TPSA) is 41.5 Å². The van der Waals surface area contributed by atoms with Crippen LogP contribution in [0.1, 0.15) is 5.56 Å². The van der Waals surface area contributed by atoms with Gasteiger partial charge in [-0.15, -0.1) is 0 Å². The molecule has 1 aliphatic rings. The van der Waals surface area contributed by atoms with Gasteiger partial charge in [-0.3, -0.25) is 4.90 Å². The summed E-state index contributed by atoms with van der Waals surface area (Å²) < 4.78 is 5.63. The van der Waals surface area contributed by atoms with Gasteiger partial charge in [0.05, 0.1) is 7.11 Å². The zero-order chi connectivity index (χ0) is 17.1. The third-order valence-electron chi connectivity index (χ3n) is 4.81. The van der Waals surface area contributed by atoms with Crippen molar-refractivity contribution in [2.75, 3.05) is 38.2 Å². The molecule has 4 rings (SSSR count). The van der Waals surface area contributed by atoms with Crippen molar-refractivity contribution >= 4 is 16.7 Å². The standard InChI is InChI=1S/C20H22N4O/c1-25-19-8-7-16-5-2-3-6-17(16)18(19)15-23-11-13-24(14-12-23)20-21-9-4-10-22-20/h2-10H,11-15H2,1H3. The first kappa shape index (κ1) is 15.8. The van der Waals surface area contributed by atoms with Gasteiger partial charge in [-0.05, 0) is 22.9 Å². The predicted molar refractivity (Wildman–Crippen MR) is 100 cm³/mol. The van der Waals surface area contributed by atoms with E-state index in [1.54, 1.807) is 19.5 Å². The minimum Gasteiger partial charge on any atom is -0.496 e. The van der Waals surface area contributed by atoms with E-state index in [-0.39, 0.29) is 0 Å². The maximum absolute atomic E-state index is 5.63. The average Bonchev–Trinajstić information content (AvgIpc) is 2.69. The van der Waals surface area contributed by atoms with Gasteiger partial charge in [-0.1, -0.05) is 30.3 Å². The predicted octanol–water partition coefficient (Wildman–Crippen LogP) is 2.96. The van der Waals surface area contributed by atoms with E-state index in [4.69, 9.17) is 4.74 Å². The summed E-state index contributed by atoms with van der Waals surface area (Å²) >= 11 is 0. The lowest BCUT2D eigenvalue weighted by Crippen LogP contribution is -2.46. The molecule has 2 heterocycles. The van der Waals surface area contributed by atoms with Gasteiger partial charge in [0.2, 0.25) is 5.95 Å². The Morgan fingerprint density at radius 3 is 2.44 bits per heavy atom. The zero-order valence-corrected chi connectivity index (χ0v) is 14.4. The van der Waals surface area contributed by atoms with Gasteiger partial charge >= 0.3 is 0 Å². The van der Waals surface area contributed by atoms with E-state index >= 15 is 0 Å². The quantitative estimate of drug-likeness (QED) is 0.734. The molecule has 1 aromatic heterocycles. The molecule has 25 heavy (non-hydrogen) atoms. The van der Waals surface area contributed by atoms with Gasteiger partial charge < -0.3 is 9.64 Å². The van der Waals surface area contributed by atoms with Crippen molar-refractivity contribution in [2.24, 2.45) is 0 Å². The summed E-state index contributed by atoms with van der Waals surface area (Å²) in [4.78, 5) is 13.4. The fraction of sp³-hybridized carbons (Fsp3) is 0.300. The van der Waals surface area contributed by atoms with Gasteiger partial charge in [0.25, 0.3) is 0 Å². The molecule has 0 aliphatic carbocycles. The minimum atomic E-state index is 0.824. The fourth-order valence-corrected chi connectivity index (χ4v) is 3.45. The van der Waals surface area contributed by atoms with Crippen LogP contribution in [0.2, 0.25) is 0 Å². The van der Waals surface area contributed by atoms with Gasteiger partial charge in [-0.25, -0.2) is 9.97 Å². The highest BCUT2D eigenvalue weighted by Crippen LogP contribution is 2.29. The number of aromatic nitrogens is 2. The van der Waals surface area contributed by atoms with Crippen molar-refractivity contribution in [3.05, 3.63) is 60.4 Å². The van der Waals surface area contributed by atoms with Crippen LogP contribution in [0, 0.1) is 0 Å². The molecule has 0 unspecified atom stereocenters. The number of fused-ring (bicyclic) bond motifs is 1. The van der Waals surface area contributed by atoms with E-state index in [9.17, 15) is 0 Å². The molecular weight excluding hydrogens is 312 g/mol. The second-order valence-electron chi connectivity index (χ2n) is 6.28. The number of hydrogen-bond acceptors (Lipinski definition) is 5. The van der Waals surface area contributed by atoms with E-state index in [1.165, 1.54) is 16.3 Å². The number of benzene rings is 2. The fourth-order valence-electron chi connectivity index (χ4n) is 3.45. The molecule has 5 nitrogen and oxygen atoms in total. The Balaban J connectivity index is 1.51. The van der Waals surface area contributed by atoms with Crippen molar-refractivity contribution < 1.29 is 4.74 Å². The van der Waals surface area contributed by atoms with E-state index in [2.05, 4.69) is 56.2 Å². The van der Waals surface area contributed by atoms with Crippen LogP contribution >= 0.6 is 0 Å². The Bertz CT molecular complexity index is 845. The van der Waals surface area contributed by atoms with Crippen LogP contribution in [0.15, 0.2) is 54.9 Å². The van der Waals surface area contributed by atoms with Crippen LogP contribution in [-0.2, 0) is 6.54 Å². The number of anilines is 1. The molecule has 0 spiro atoms. The van der Waals surface area contributed by atoms with Crippen molar-refractivity contribution in [1.82, 2.24) is 14.9 Å². The van der Waals surface area contributed by atoms with Crippen molar-refractivity contribution in [3.8, 4) is 5.75 Å². The molecule has 2 aromatic carbocycles. The number of ether oxygens (including phenoxy) is 1. The maximum atomic E-state index is 5.63. The summed E-state index contributed by atoms with van der Waals surface area (Å²) in [6, 6.07) is 14.6. The summed E-state index contributed by atoms with van der Waals surface area (Å²) in [5.41, 5.74) is 1.27. The van der Waals surface area contributed by atoms with Crippen LogP contribution in [-0.4, -0.2) is 48.2 Å².